The fourth-order valence-corrected chi connectivity index (χ4v) is 4.56. The lowest BCUT2D eigenvalue weighted by atomic mass is 9.89. The highest BCUT2D eigenvalue weighted by Crippen LogP contribution is 2.32. The van der Waals surface area contributed by atoms with E-state index in [0.29, 0.717) is 24.4 Å². The van der Waals surface area contributed by atoms with Gasteiger partial charge in [0, 0.05) is 18.5 Å². The average Bonchev–Trinajstić information content (AvgIpc) is 3.25. The molecular weight excluding hydrogens is 409 g/mol. The van der Waals surface area contributed by atoms with E-state index in [4.69, 9.17) is 0 Å². The summed E-state index contributed by atoms with van der Waals surface area (Å²) >= 11 is 0. The van der Waals surface area contributed by atoms with Crippen LogP contribution in [-0.4, -0.2) is 32.5 Å². The van der Waals surface area contributed by atoms with E-state index in [9.17, 15) is 4.79 Å². The molecule has 2 bridgehead atoms. The molecule has 2 aromatic heterocycles. The molecule has 2 aliphatic heterocycles. The van der Waals surface area contributed by atoms with Gasteiger partial charge in [-0.05, 0) is 55.9 Å². The van der Waals surface area contributed by atoms with Crippen LogP contribution in [0.3, 0.4) is 0 Å². The van der Waals surface area contributed by atoms with Crippen molar-refractivity contribution in [3.8, 4) is 5.82 Å². The summed E-state index contributed by atoms with van der Waals surface area (Å²) in [5, 5.41) is 6.63. The van der Waals surface area contributed by atoms with Gasteiger partial charge in [-0.2, -0.15) is 0 Å². The molecule has 2 atom stereocenters. The first-order valence-corrected chi connectivity index (χ1v) is 9.69. The van der Waals surface area contributed by atoms with Crippen molar-refractivity contribution in [2.75, 3.05) is 5.32 Å². The van der Waals surface area contributed by atoms with Crippen molar-refractivity contribution in [3.63, 3.8) is 0 Å². The highest BCUT2D eigenvalue weighted by molar-refractivity contribution is 5.90. The highest BCUT2D eigenvalue weighted by atomic mass is 35.5. The molecular formula is C21H25Cl2N5O. The van der Waals surface area contributed by atoms with Gasteiger partial charge in [-0.1, -0.05) is 12.1 Å². The lowest BCUT2D eigenvalue weighted by Gasteiger charge is -2.28. The zero-order valence-corrected chi connectivity index (χ0v) is 17.6. The number of amides is 1. The second-order valence-electron chi connectivity index (χ2n) is 7.74. The number of piperidine rings is 1. The van der Waals surface area contributed by atoms with Gasteiger partial charge in [-0.15, -0.1) is 24.8 Å². The Morgan fingerprint density at radius 2 is 1.83 bits per heavy atom. The fourth-order valence-electron chi connectivity index (χ4n) is 4.56. The van der Waals surface area contributed by atoms with Crippen LogP contribution >= 0.6 is 24.8 Å². The Hall–Kier alpha value is -2.15. The molecule has 0 aliphatic carbocycles. The van der Waals surface area contributed by atoms with Crippen molar-refractivity contribution in [1.82, 2.24) is 19.9 Å². The molecule has 2 aliphatic rings. The molecule has 8 heteroatoms. The highest BCUT2D eigenvalue weighted by Gasteiger charge is 2.34. The smallest absolute Gasteiger partial charge is 0.224 e. The largest absolute Gasteiger partial charge is 0.325 e. The van der Waals surface area contributed by atoms with E-state index in [1.807, 2.05) is 41.0 Å². The number of carbonyl (C=O) groups is 1. The van der Waals surface area contributed by atoms with Gasteiger partial charge in [-0.25, -0.2) is 9.97 Å². The third kappa shape index (κ3) is 4.55. The van der Waals surface area contributed by atoms with Crippen molar-refractivity contribution in [2.24, 2.45) is 5.92 Å². The number of anilines is 1. The molecule has 154 valence electrons. The summed E-state index contributed by atoms with van der Waals surface area (Å²) in [5.74, 6) is 1.37. The van der Waals surface area contributed by atoms with Gasteiger partial charge in [0.1, 0.15) is 12.1 Å². The standard InChI is InChI=1S/C21H23N5O.2ClH/c27-21(11-14-9-15-5-6-16(10-14)24-15)25-17-7-8-20(22-12-17)26-13-23-18-3-1-2-4-19(18)26;;/h1-4,7-8,12-16,24H,5-6,9-11H2,(H,25,27);2*1H. The Morgan fingerprint density at radius 1 is 1.07 bits per heavy atom. The second kappa shape index (κ2) is 9.11. The maximum Gasteiger partial charge on any atom is 0.224 e. The number of nitrogens with zero attached hydrogens (tertiary/aromatic N) is 3. The fraction of sp³-hybridized carbons (Fsp3) is 0.381. The first-order chi connectivity index (χ1) is 13.2. The Bertz CT molecular complexity index is 963. The molecule has 1 amide bonds. The SMILES string of the molecule is Cl.Cl.O=C(CC1CC2CCC(C1)N2)Nc1ccc(-n2cnc3ccccc32)nc1. The van der Waals surface area contributed by atoms with Gasteiger partial charge >= 0.3 is 0 Å². The Kier molecular flexibility index (Phi) is 6.77. The molecule has 1 aromatic carbocycles. The predicted octanol–water partition coefficient (Wildman–Crippen LogP) is 4.12. The molecule has 6 nitrogen and oxygen atoms in total. The molecule has 3 aromatic rings. The lowest BCUT2D eigenvalue weighted by molar-refractivity contribution is -0.117. The van der Waals surface area contributed by atoms with E-state index in [1.165, 1.54) is 12.8 Å². The lowest BCUT2D eigenvalue weighted by Crippen LogP contribution is -2.39. The minimum Gasteiger partial charge on any atom is -0.325 e. The summed E-state index contributed by atoms with van der Waals surface area (Å²) in [6, 6.07) is 13.0. The molecule has 2 N–H and O–H groups in total. The number of aromatic nitrogens is 3. The van der Waals surface area contributed by atoms with Crippen LogP contribution in [0.2, 0.25) is 0 Å². The van der Waals surface area contributed by atoms with E-state index in [1.54, 1.807) is 12.5 Å². The molecule has 4 heterocycles. The molecule has 0 saturated carbocycles. The Labute approximate surface area is 182 Å². The first kappa shape index (κ1) is 21.6. The molecule has 0 spiro atoms. The number of fused-ring (bicyclic) bond motifs is 3. The molecule has 5 rings (SSSR count). The zero-order valence-electron chi connectivity index (χ0n) is 16.0. The number of nitrogens with one attached hydrogen (secondary N) is 2. The van der Waals surface area contributed by atoms with Crippen LogP contribution < -0.4 is 10.6 Å². The van der Waals surface area contributed by atoms with Gasteiger partial charge < -0.3 is 10.6 Å². The van der Waals surface area contributed by atoms with Crippen LogP contribution in [0.5, 0.6) is 0 Å². The zero-order chi connectivity index (χ0) is 18.2. The number of carbonyl (C=O) groups excluding carboxylic acids is 1. The minimum atomic E-state index is 0. The summed E-state index contributed by atoms with van der Waals surface area (Å²) in [4.78, 5) is 21.3. The Balaban J connectivity index is 0.00000120. The number of hydrogen-bond donors (Lipinski definition) is 2. The maximum absolute atomic E-state index is 12.4. The van der Waals surface area contributed by atoms with Gasteiger partial charge in [0.05, 0.1) is 22.9 Å². The van der Waals surface area contributed by atoms with Crippen molar-refractivity contribution in [2.45, 2.75) is 44.2 Å². The summed E-state index contributed by atoms with van der Waals surface area (Å²) in [5.41, 5.74) is 2.69. The normalized spacial score (nSPS) is 22.6. The van der Waals surface area contributed by atoms with Crippen molar-refractivity contribution < 1.29 is 4.79 Å². The second-order valence-corrected chi connectivity index (χ2v) is 7.74. The van der Waals surface area contributed by atoms with E-state index in [0.717, 1.165) is 35.4 Å². The number of rotatable bonds is 4. The number of para-hydroxylation sites is 2. The van der Waals surface area contributed by atoms with Crippen LogP contribution in [0.1, 0.15) is 32.1 Å². The number of hydrogen-bond acceptors (Lipinski definition) is 4. The molecule has 29 heavy (non-hydrogen) atoms. The van der Waals surface area contributed by atoms with E-state index < -0.39 is 0 Å². The summed E-state index contributed by atoms with van der Waals surface area (Å²) in [7, 11) is 0. The topological polar surface area (TPSA) is 71.8 Å². The number of imidazole rings is 1. The quantitative estimate of drug-likeness (QED) is 0.648. The van der Waals surface area contributed by atoms with Crippen LogP contribution in [0.15, 0.2) is 48.9 Å². The maximum atomic E-state index is 12.4. The third-order valence-electron chi connectivity index (χ3n) is 5.78. The summed E-state index contributed by atoms with van der Waals surface area (Å²) in [6.07, 6.45) is 8.85. The first-order valence-electron chi connectivity index (χ1n) is 9.69. The van der Waals surface area contributed by atoms with Gasteiger partial charge in [0.25, 0.3) is 0 Å². The monoisotopic (exact) mass is 433 g/mol. The molecule has 2 unspecified atom stereocenters. The van der Waals surface area contributed by atoms with Crippen molar-refractivity contribution >= 4 is 47.4 Å². The number of benzene rings is 1. The van der Waals surface area contributed by atoms with E-state index >= 15 is 0 Å². The summed E-state index contributed by atoms with van der Waals surface area (Å²) in [6.45, 7) is 0. The van der Waals surface area contributed by atoms with Gasteiger partial charge in [0.2, 0.25) is 5.91 Å². The molecule has 2 fully saturated rings. The van der Waals surface area contributed by atoms with Gasteiger partial charge in [-0.3, -0.25) is 9.36 Å². The molecule has 2 saturated heterocycles. The van der Waals surface area contributed by atoms with Crippen LogP contribution in [0.4, 0.5) is 5.69 Å². The van der Waals surface area contributed by atoms with Crippen LogP contribution in [0, 0.1) is 5.92 Å². The minimum absolute atomic E-state index is 0. The van der Waals surface area contributed by atoms with Crippen molar-refractivity contribution in [1.29, 1.82) is 0 Å². The van der Waals surface area contributed by atoms with Crippen molar-refractivity contribution in [3.05, 3.63) is 48.9 Å². The van der Waals surface area contributed by atoms with Crippen LogP contribution in [-0.2, 0) is 4.79 Å². The van der Waals surface area contributed by atoms with E-state index in [2.05, 4.69) is 20.6 Å². The number of halogens is 2. The van der Waals surface area contributed by atoms with Gasteiger partial charge in [0.15, 0.2) is 0 Å². The third-order valence-corrected chi connectivity index (χ3v) is 5.78. The van der Waals surface area contributed by atoms with Crippen LogP contribution in [0.25, 0.3) is 16.9 Å². The van der Waals surface area contributed by atoms with E-state index in [-0.39, 0.29) is 30.7 Å². The Morgan fingerprint density at radius 3 is 2.55 bits per heavy atom. The predicted molar refractivity (Wildman–Crippen MR) is 119 cm³/mol. The summed E-state index contributed by atoms with van der Waals surface area (Å²) < 4.78 is 1.95. The number of pyridine rings is 1. The molecule has 0 radical (unpaired) electrons. The average molecular weight is 434 g/mol.